The molecule has 1 fully saturated rings. The van der Waals surface area contributed by atoms with Gasteiger partial charge in [0.15, 0.2) is 0 Å². The van der Waals surface area contributed by atoms with Gasteiger partial charge in [-0.2, -0.15) is 0 Å². The van der Waals surface area contributed by atoms with Gasteiger partial charge in [0.2, 0.25) is 0 Å². The number of carbonyl (C=O) groups excluding carboxylic acids is 2. The zero-order valence-corrected chi connectivity index (χ0v) is 10.9. The third-order valence-corrected chi connectivity index (χ3v) is 3.55. The molecule has 1 saturated heterocycles. The molecule has 1 atom stereocenters. The maximum Gasteiger partial charge on any atom is 0.326 e. The second-order valence-corrected chi connectivity index (χ2v) is 4.97. The minimum atomic E-state index is -1.21. The fourth-order valence-corrected chi connectivity index (χ4v) is 2.53. The predicted octanol–water partition coefficient (Wildman–Crippen LogP) is 2.20. The van der Waals surface area contributed by atoms with Crippen molar-refractivity contribution >= 4 is 35.0 Å². The van der Waals surface area contributed by atoms with Crippen LogP contribution >= 0.6 is 11.8 Å². The van der Waals surface area contributed by atoms with Gasteiger partial charge in [-0.25, -0.2) is 4.79 Å². The second kappa shape index (κ2) is 5.27. The van der Waals surface area contributed by atoms with E-state index in [2.05, 4.69) is 0 Å². The van der Waals surface area contributed by atoms with Gasteiger partial charge < -0.3 is 5.11 Å². The van der Waals surface area contributed by atoms with Gasteiger partial charge in [-0.05, 0) is 30.3 Å². The Bertz CT molecular complexity index is 567. The Kier molecular flexibility index (Phi) is 3.71. The van der Waals surface area contributed by atoms with Crippen LogP contribution in [0.4, 0.5) is 4.79 Å². The van der Waals surface area contributed by atoms with Crippen LogP contribution in [0.25, 0.3) is 6.08 Å². The molecule has 1 aliphatic heterocycles. The molecule has 2 rings (SSSR count). The van der Waals surface area contributed by atoms with Gasteiger partial charge in [-0.3, -0.25) is 14.5 Å². The van der Waals surface area contributed by atoms with E-state index in [1.807, 2.05) is 18.2 Å². The summed E-state index contributed by atoms with van der Waals surface area (Å²) in [6.07, 6.45) is 1.58. The van der Waals surface area contributed by atoms with Crippen LogP contribution in [0.1, 0.15) is 12.5 Å². The summed E-state index contributed by atoms with van der Waals surface area (Å²) in [5.41, 5.74) is 0.788. The number of imide groups is 1. The Balaban J connectivity index is 2.28. The Morgan fingerprint density at radius 1 is 1.32 bits per heavy atom. The zero-order valence-electron chi connectivity index (χ0n) is 10.1. The Hall–Kier alpha value is -2.08. The highest BCUT2D eigenvalue weighted by Crippen LogP contribution is 2.33. The molecule has 5 nitrogen and oxygen atoms in total. The van der Waals surface area contributed by atoms with Crippen LogP contribution in [0.15, 0.2) is 35.2 Å². The van der Waals surface area contributed by atoms with Crippen LogP contribution in [0, 0.1) is 0 Å². The lowest BCUT2D eigenvalue weighted by Gasteiger charge is -2.16. The van der Waals surface area contributed by atoms with Gasteiger partial charge in [0.1, 0.15) is 6.04 Å². The number of carboxylic acid groups (broad SMARTS) is 1. The number of thioether (sulfide) groups is 1. The number of amides is 2. The van der Waals surface area contributed by atoms with Crippen molar-refractivity contribution in [3.63, 3.8) is 0 Å². The molecular formula is C13H11NO4S. The molecular weight excluding hydrogens is 266 g/mol. The normalized spacial score (nSPS) is 19.0. The number of carboxylic acids is 1. The smallest absolute Gasteiger partial charge is 0.326 e. The van der Waals surface area contributed by atoms with E-state index in [0.29, 0.717) is 0 Å². The molecule has 1 aliphatic rings. The fraction of sp³-hybridized carbons (Fsp3) is 0.154. The van der Waals surface area contributed by atoms with Gasteiger partial charge in [0.25, 0.3) is 11.1 Å². The number of rotatable bonds is 3. The summed E-state index contributed by atoms with van der Waals surface area (Å²) < 4.78 is 0. The van der Waals surface area contributed by atoms with Crippen molar-refractivity contribution in [3.05, 3.63) is 40.8 Å². The van der Waals surface area contributed by atoms with E-state index in [4.69, 9.17) is 5.11 Å². The van der Waals surface area contributed by atoms with Crippen LogP contribution in [-0.4, -0.2) is 33.2 Å². The van der Waals surface area contributed by atoms with Crippen molar-refractivity contribution in [1.29, 1.82) is 0 Å². The molecule has 0 spiro atoms. The predicted molar refractivity (Wildman–Crippen MR) is 71.3 cm³/mol. The topological polar surface area (TPSA) is 74.7 Å². The average molecular weight is 277 g/mol. The minimum Gasteiger partial charge on any atom is -0.480 e. The van der Waals surface area contributed by atoms with Crippen molar-refractivity contribution in [2.75, 3.05) is 0 Å². The lowest BCUT2D eigenvalue weighted by Crippen LogP contribution is -2.41. The number of nitrogens with zero attached hydrogens (tertiary/aromatic N) is 1. The van der Waals surface area contributed by atoms with E-state index in [1.54, 1.807) is 18.2 Å². The SMILES string of the molecule is C[C@@H](C(=O)O)N1C(=O)S/C(=C/c2ccccc2)C1=O. The molecule has 1 N–H and O–H groups in total. The number of carbonyl (C=O) groups is 3. The number of hydrogen-bond donors (Lipinski definition) is 1. The van der Waals surface area contributed by atoms with Crippen molar-refractivity contribution in [1.82, 2.24) is 4.90 Å². The van der Waals surface area contributed by atoms with Crippen molar-refractivity contribution in [2.24, 2.45) is 0 Å². The molecule has 0 aromatic heterocycles. The second-order valence-electron chi connectivity index (χ2n) is 3.98. The molecule has 1 aromatic carbocycles. The van der Waals surface area contributed by atoms with Gasteiger partial charge >= 0.3 is 5.97 Å². The molecule has 2 amide bonds. The molecule has 0 aliphatic carbocycles. The summed E-state index contributed by atoms with van der Waals surface area (Å²) >= 11 is 0.758. The number of benzene rings is 1. The summed E-state index contributed by atoms with van der Waals surface area (Å²) in [7, 11) is 0. The maximum absolute atomic E-state index is 12.0. The summed E-state index contributed by atoms with van der Waals surface area (Å²) in [5, 5.41) is 8.33. The summed E-state index contributed by atoms with van der Waals surface area (Å²) in [6.45, 7) is 1.31. The molecule has 1 heterocycles. The molecule has 0 bridgehead atoms. The van der Waals surface area contributed by atoms with Gasteiger partial charge in [-0.15, -0.1) is 0 Å². The van der Waals surface area contributed by atoms with E-state index in [0.717, 1.165) is 22.2 Å². The van der Waals surface area contributed by atoms with E-state index in [-0.39, 0.29) is 4.91 Å². The van der Waals surface area contributed by atoms with Crippen molar-refractivity contribution < 1.29 is 19.5 Å². The molecule has 0 radical (unpaired) electrons. The summed E-state index contributed by atoms with van der Waals surface area (Å²) in [4.78, 5) is 35.6. The molecule has 98 valence electrons. The van der Waals surface area contributed by atoms with Crippen LogP contribution in [0.5, 0.6) is 0 Å². The van der Waals surface area contributed by atoms with Crippen molar-refractivity contribution in [2.45, 2.75) is 13.0 Å². The Morgan fingerprint density at radius 2 is 1.95 bits per heavy atom. The van der Waals surface area contributed by atoms with Crippen LogP contribution in [0.2, 0.25) is 0 Å². The van der Waals surface area contributed by atoms with Gasteiger partial charge in [0, 0.05) is 0 Å². The first-order chi connectivity index (χ1) is 9.00. The zero-order chi connectivity index (χ0) is 14.0. The van der Waals surface area contributed by atoms with E-state index >= 15 is 0 Å². The molecule has 19 heavy (non-hydrogen) atoms. The molecule has 0 saturated carbocycles. The molecule has 0 unspecified atom stereocenters. The maximum atomic E-state index is 12.0. The molecule has 6 heteroatoms. The lowest BCUT2D eigenvalue weighted by molar-refractivity contribution is -0.145. The molecule has 1 aromatic rings. The van der Waals surface area contributed by atoms with Gasteiger partial charge in [-0.1, -0.05) is 30.3 Å². The fourth-order valence-electron chi connectivity index (χ4n) is 1.62. The Morgan fingerprint density at radius 3 is 2.53 bits per heavy atom. The lowest BCUT2D eigenvalue weighted by atomic mass is 10.2. The third-order valence-electron chi connectivity index (χ3n) is 2.67. The highest BCUT2D eigenvalue weighted by Gasteiger charge is 2.40. The highest BCUT2D eigenvalue weighted by molar-refractivity contribution is 8.18. The van der Waals surface area contributed by atoms with Crippen LogP contribution < -0.4 is 0 Å². The largest absolute Gasteiger partial charge is 0.480 e. The van der Waals surface area contributed by atoms with E-state index in [1.165, 1.54) is 6.92 Å². The minimum absolute atomic E-state index is 0.240. The monoisotopic (exact) mass is 277 g/mol. The quantitative estimate of drug-likeness (QED) is 0.857. The number of aliphatic carboxylic acids is 1. The van der Waals surface area contributed by atoms with E-state index < -0.39 is 23.2 Å². The first-order valence-corrected chi connectivity index (χ1v) is 6.37. The first kappa shape index (κ1) is 13.4. The highest BCUT2D eigenvalue weighted by atomic mass is 32.2. The van der Waals surface area contributed by atoms with Crippen LogP contribution in [-0.2, 0) is 9.59 Å². The first-order valence-electron chi connectivity index (χ1n) is 5.55. The Labute approximate surface area is 113 Å². The third kappa shape index (κ3) is 2.68. The number of hydrogen-bond acceptors (Lipinski definition) is 4. The van der Waals surface area contributed by atoms with E-state index in [9.17, 15) is 14.4 Å². The van der Waals surface area contributed by atoms with Gasteiger partial charge in [0.05, 0.1) is 4.91 Å². The summed E-state index contributed by atoms with van der Waals surface area (Å²) in [6, 6.07) is 7.92. The van der Waals surface area contributed by atoms with Crippen molar-refractivity contribution in [3.8, 4) is 0 Å². The standard InChI is InChI=1S/C13H11NO4S/c1-8(12(16)17)14-11(15)10(19-13(14)18)7-9-5-3-2-4-6-9/h2-8H,1H3,(H,16,17)/b10-7+/t8-/m0/s1. The summed E-state index contributed by atoms with van der Waals surface area (Å²) in [5.74, 6) is -1.77. The van der Waals surface area contributed by atoms with Crippen LogP contribution in [0.3, 0.4) is 0 Å². The average Bonchev–Trinajstić information content (AvgIpc) is 2.65.